The lowest BCUT2D eigenvalue weighted by Crippen LogP contribution is -2.22. The average molecular weight is 936 g/mol. The molecular weight excluding hydrogens is 888 g/mol. The fraction of sp³-hybridized carbons (Fsp3) is 0.279. The standard InChI is InChI=1S/C22H22Cl2N2O3S.C21H25Cl2N3O3S/c1-13-9-14(2)21(15(3)20(13)25-12-16-7-5-4-6-8-16)26-30(28,29)19-11-17(23)10-18(24)22(19)27;1-12-9-13(2)21(26-7-5-6-8-26)14(3)19(12)25-30(28,29)18-11-16(22)10-17(23)20(18)24-15(4)27/h4-11,25-27H,12H2,1-3H3;9-11,25H,5-8H2,1-4H3,(H,24,27). The van der Waals surface area contributed by atoms with Crippen LogP contribution in [0.2, 0.25) is 20.1 Å². The quantitative estimate of drug-likeness (QED) is 0.0876. The van der Waals surface area contributed by atoms with Crippen molar-refractivity contribution in [1.29, 1.82) is 0 Å². The van der Waals surface area contributed by atoms with Crippen LogP contribution in [0.3, 0.4) is 0 Å². The van der Waals surface area contributed by atoms with Crippen LogP contribution in [0, 0.1) is 41.5 Å². The number of benzene rings is 5. The number of carbonyl (C=O) groups excluding carboxylic acids is 1. The van der Waals surface area contributed by atoms with Gasteiger partial charge < -0.3 is 20.6 Å². The van der Waals surface area contributed by atoms with Crippen molar-refractivity contribution in [3.63, 3.8) is 0 Å². The highest BCUT2D eigenvalue weighted by Crippen LogP contribution is 2.40. The number of phenolic OH excluding ortho intramolecular Hbond substituents is 1. The lowest BCUT2D eigenvalue weighted by Gasteiger charge is -2.26. The minimum Gasteiger partial charge on any atom is -0.505 e. The van der Waals surface area contributed by atoms with Gasteiger partial charge in [-0.3, -0.25) is 14.2 Å². The number of hydrogen-bond acceptors (Lipinski definition) is 8. The van der Waals surface area contributed by atoms with Gasteiger partial charge in [0, 0.05) is 48.0 Å². The fourth-order valence-corrected chi connectivity index (χ4v) is 11.4. The van der Waals surface area contributed by atoms with E-state index >= 15 is 0 Å². The van der Waals surface area contributed by atoms with Crippen LogP contribution in [0.15, 0.2) is 76.5 Å². The molecule has 1 saturated heterocycles. The van der Waals surface area contributed by atoms with Crippen LogP contribution in [-0.2, 0) is 31.4 Å². The molecule has 0 spiro atoms. The van der Waals surface area contributed by atoms with Gasteiger partial charge in [-0.2, -0.15) is 0 Å². The van der Waals surface area contributed by atoms with Crippen LogP contribution >= 0.6 is 46.4 Å². The first-order valence-corrected chi connectivity index (χ1v) is 23.3. The molecule has 1 aliphatic heterocycles. The highest BCUT2D eigenvalue weighted by Gasteiger charge is 2.27. The first-order valence-electron chi connectivity index (χ1n) is 18.9. The molecule has 17 heteroatoms. The summed E-state index contributed by atoms with van der Waals surface area (Å²) in [7, 11) is -8.21. The minimum absolute atomic E-state index is 0.00301. The number of halogens is 4. The molecule has 5 aromatic carbocycles. The van der Waals surface area contributed by atoms with Crippen LogP contribution in [0.1, 0.15) is 58.7 Å². The second kappa shape index (κ2) is 19.1. The van der Waals surface area contributed by atoms with Crippen LogP contribution in [0.4, 0.5) is 28.4 Å². The molecule has 5 N–H and O–H groups in total. The molecule has 0 radical (unpaired) electrons. The molecule has 0 aliphatic carbocycles. The van der Waals surface area contributed by atoms with E-state index in [9.17, 15) is 26.7 Å². The maximum absolute atomic E-state index is 13.3. The van der Waals surface area contributed by atoms with Gasteiger partial charge >= 0.3 is 0 Å². The normalized spacial score (nSPS) is 12.8. The topological polar surface area (TPSA) is 157 Å². The maximum atomic E-state index is 13.3. The largest absolute Gasteiger partial charge is 0.505 e. The van der Waals surface area contributed by atoms with Gasteiger partial charge in [0.2, 0.25) is 5.91 Å². The SMILES string of the molecule is CC(=O)Nc1c(Cl)cc(Cl)cc1S(=O)(=O)Nc1c(C)cc(C)c(N2CCCC2)c1C.Cc1cc(C)c(NS(=O)(=O)c2cc(Cl)cc(Cl)c2O)c(C)c1NCc1ccccc1. The third-order valence-electron chi connectivity index (χ3n) is 10.0. The van der Waals surface area contributed by atoms with E-state index in [1.807, 2.05) is 84.0 Å². The number of nitrogens with zero attached hydrogens (tertiary/aromatic N) is 1. The van der Waals surface area contributed by atoms with Gasteiger partial charge in [-0.1, -0.05) is 88.9 Å². The Kier molecular flexibility index (Phi) is 14.9. The van der Waals surface area contributed by atoms with Gasteiger partial charge in [0.25, 0.3) is 20.0 Å². The van der Waals surface area contributed by atoms with Gasteiger partial charge in [0.05, 0.1) is 27.1 Å². The Labute approximate surface area is 372 Å². The van der Waals surface area contributed by atoms with E-state index in [4.69, 9.17) is 46.4 Å². The Morgan fingerprint density at radius 2 is 1.15 bits per heavy atom. The number of rotatable bonds is 11. The first-order chi connectivity index (χ1) is 28.1. The number of sulfonamides is 2. The zero-order chi connectivity index (χ0) is 44.3. The fourth-order valence-electron chi connectivity index (χ4n) is 7.35. The number of anilines is 5. The van der Waals surface area contributed by atoms with Crippen molar-refractivity contribution < 1.29 is 26.7 Å². The van der Waals surface area contributed by atoms with Crippen LogP contribution in [0.25, 0.3) is 0 Å². The van der Waals surface area contributed by atoms with Gasteiger partial charge in [-0.05, 0) is 118 Å². The van der Waals surface area contributed by atoms with Crippen molar-refractivity contribution in [2.45, 2.75) is 77.6 Å². The van der Waals surface area contributed by atoms with Crippen LogP contribution in [-0.4, -0.2) is 40.9 Å². The molecule has 1 heterocycles. The van der Waals surface area contributed by atoms with E-state index in [0.717, 1.165) is 76.3 Å². The van der Waals surface area contributed by atoms with E-state index in [2.05, 4.69) is 25.0 Å². The number of aromatic hydroxyl groups is 1. The molecule has 60 heavy (non-hydrogen) atoms. The smallest absolute Gasteiger partial charge is 0.265 e. The molecular formula is C43H47Cl4N5O6S2. The first kappa shape index (κ1) is 46.7. The molecule has 1 amide bonds. The summed E-state index contributed by atoms with van der Waals surface area (Å²) in [5.41, 5.74) is 9.26. The van der Waals surface area contributed by atoms with Crippen molar-refractivity contribution in [3.05, 3.63) is 126 Å². The third kappa shape index (κ3) is 10.7. The summed E-state index contributed by atoms with van der Waals surface area (Å²) in [6, 6.07) is 18.9. The monoisotopic (exact) mass is 933 g/mol. The summed E-state index contributed by atoms with van der Waals surface area (Å²) < 4.78 is 58.0. The zero-order valence-electron chi connectivity index (χ0n) is 34.2. The molecule has 6 rings (SSSR count). The molecule has 1 fully saturated rings. The number of aryl methyl sites for hydroxylation is 4. The second-order valence-corrected chi connectivity index (χ2v) is 19.7. The number of carbonyl (C=O) groups is 1. The number of amides is 1. The summed E-state index contributed by atoms with van der Waals surface area (Å²) in [4.78, 5) is 13.3. The number of nitrogens with one attached hydrogen (secondary N) is 4. The minimum atomic E-state index is -4.13. The van der Waals surface area contributed by atoms with E-state index in [-0.39, 0.29) is 35.6 Å². The van der Waals surface area contributed by atoms with Gasteiger partial charge in [0.15, 0.2) is 5.75 Å². The number of phenols is 1. The van der Waals surface area contributed by atoms with E-state index in [1.165, 1.54) is 31.2 Å². The average Bonchev–Trinajstić information content (AvgIpc) is 3.69. The predicted octanol–water partition coefficient (Wildman–Crippen LogP) is 11.3. The molecule has 320 valence electrons. The summed E-state index contributed by atoms with van der Waals surface area (Å²) in [5, 5.41) is 16.2. The molecule has 11 nitrogen and oxygen atoms in total. The zero-order valence-corrected chi connectivity index (χ0v) is 38.8. The Bertz CT molecular complexity index is 2680. The highest BCUT2D eigenvalue weighted by molar-refractivity contribution is 7.93. The molecule has 0 saturated carbocycles. The Balaban J connectivity index is 0.000000228. The predicted molar refractivity (Wildman–Crippen MR) is 247 cm³/mol. The summed E-state index contributed by atoms with van der Waals surface area (Å²) in [5.74, 6) is -0.979. The van der Waals surface area contributed by atoms with E-state index in [1.54, 1.807) is 0 Å². The number of hydrogen-bond donors (Lipinski definition) is 5. The Morgan fingerprint density at radius 3 is 1.73 bits per heavy atom. The highest BCUT2D eigenvalue weighted by atomic mass is 35.5. The van der Waals surface area contributed by atoms with E-state index < -0.39 is 31.7 Å². The van der Waals surface area contributed by atoms with Gasteiger partial charge in [-0.15, -0.1) is 0 Å². The molecule has 0 atom stereocenters. The van der Waals surface area contributed by atoms with Crippen molar-refractivity contribution in [2.75, 3.05) is 38.1 Å². The van der Waals surface area contributed by atoms with Gasteiger partial charge in [-0.25, -0.2) is 16.8 Å². The van der Waals surface area contributed by atoms with Crippen LogP contribution < -0.4 is 25.0 Å². The lowest BCUT2D eigenvalue weighted by molar-refractivity contribution is -0.114. The molecule has 0 bridgehead atoms. The maximum Gasteiger partial charge on any atom is 0.265 e. The summed E-state index contributed by atoms with van der Waals surface area (Å²) in [6.07, 6.45) is 2.24. The Morgan fingerprint density at radius 1 is 0.650 bits per heavy atom. The van der Waals surface area contributed by atoms with E-state index in [0.29, 0.717) is 17.9 Å². The molecule has 5 aromatic rings. The van der Waals surface area contributed by atoms with Gasteiger partial charge in [0.1, 0.15) is 9.79 Å². The molecule has 0 aromatic heterocycles. The third-order valence-corrected chi connectivity index (χ3v) is 13.8. The lowest BCUT2D eigenvalue weighted by atomic mass is 10.0. The van der Waals surface area contributed by atoms with Crippen molar-refractivity contribution in [1.82, 2.24) is 0 Å². The summed E-state index contributed by atoms with van der Waals surface area (Å²) >= 11 is 24.1. The van der Waals surface area contributed by atoms with Crippen molar-refractivity contribution in [2.24, 2.45) is 0 Å². The Hall–Kier alpha value is -4.37. The molecule has 0 unspecified atom stereocenters. The van der Waals surface area contributed by atoms with Crippen LogP contribution in [0.5, 0.6) is 5.75 Å². The van der Waals surface area contributed by atoms with Crippen molar-refractivity contribution >= 4 is 101 Å². The second-order valence-electron chi connectivity index (χ2n) is 14.7. The molecule has 1 aliphatic rings. The van der Waals surface area contributed by atoms with Crippen molar-refractivity contribution in [3.8, 4) is 5.75 Å². The summed E-state index contributed by atoms with van der Waals surface area (Å²) in [6.45, 7) is 15.2.